The van der Waals surface area contributed by atoms with Crippen molar-refractivity contribution in [1.29, 1.82) is 0 Å². The zero-order valence-electron chi connectivity index (χ0n) is 49.5. The number of phenolic OH excluding ortho intramolecular Hbond substituents is 2. The van der Waals surface area contributed by atoms with E-state index in [1.54, 1.807) is 24.6 Å². The summed E-state index contributed by atoms with van der Waals surface area (Å²) in [5.41, 5.74) is 1.83. The Hall–Kier alpha value is -7.54. The fraction of sp³-hybridized carbons (Fsp3) is 0.382. The summed E-state index contributed by atoms with van der Waals surface area (Å²) < 4.78 is 71.7. The minimum Gasteiger partial charge on any atom is -0.507 e. The Bertz CT molecular complexity index is 3210. The Morgan fingerprint density at radius 2 is 0.614 bits per heavy atom. The van der Waals surface area contributed by atoms with Gasteiger partial charge in [0.1, 0.15) is 50.0 Å². The van der Waals surface area contributed by atoms with Crippen molar-refractivity contribution in [3.8, 4) is 34.5 Å². The molecule has 0 amide bonds. The first-order valence-electron chi connectivity index (χ1n) is 29.6. The molecular weight excluding hydrogens is 1130 g/mol. The average Bonchev–Trinajstić information content (AvgIpc) is 2.26. The molecule has 8 rings (SSSR count). The molecule has 8 aromatic rings. The molecule has 6 N–H and O–H groups in total. The van der Waals surface area contributed by atoms with Crippen molar-refractivity contribution in [2.45, 2.75) is 12.1 Å². The minimum absolute atomic E-state index is 0.0176. The topological polar surface area (TPSA) is 257 Å². The molecule has 0 heterocycles. The number of rotatable bonds is 43. The monoisotopic (exact) mass is 1210 g/mol. The maximum atomic E-state index is 12.4. The van der Waals surface area contributed by atoms with Gasteiger partial charge in [-0.15, -0.1) is 0 Å². The van der Waals surface area contributed by atoms with Crippen LogP contribution < -0.4 is 18.9 Å². The van der Waals surface area contributed by atoms with E-state index >= 15 is 0 Å². The zero-order valence-corrected chi connectivity index (χ0v) is 49.5. The molecule has 0 radical (unpaired) electrons. The number of aliphatic imine (C=N–C) groups is 2. The van der Waals surface area contributed by atoms with E-state index in [-0.39, 0.29) is 170 Å². The number of hydrogen-bond acceptors (Lipinski definition) is 20. The molecule has 20 heteroatoms. The number of aromatic hydroxyl groups is 2. The number of aliphatic hydroxyl groups excluding tert-OH is 4. The lowest BCUT2D eigenvalue weighted by atomic mass is 9.91. The molecule has 88 heavy (non-hydrogen) atoms. The van der Waals surface area contributed by atoms with Crippen LogP contribution in [-0.4, -0.2) is 202 Å². The van der Waals surface area contributed by atoms with Crippen molar-refractivity contribution in [3.63, 3.8) is 0 Å². The van der Waals surface area contributed by atoms with Gasteiger partial charge in [-0.3, -0.25) is 9.98 Å². The van der Waals surface area contributed by atoms with Gasteiger partial charge in [-0.1, -0.05) is 109 Å². The van der Waals surface area contributed by atoms with Crippen molar-refractivity contribution in [2.75, 3.05) is 159 Å². The highest BCUT2D eigenvalue weighted by molar-refractivity contribution is 6.14. The van der Waals surface area contributed by atoms with Crippen LogP contribution >= 0.6 is 0 Å². The highest BCUT2D eigenvalue weighted by Crippen LogP contribution is 2.48. The van der Waals surface area contributed by atoms with Crippen molar-refractivity contribution >= 4 is 55.5 Å². The molecule has 0 saturated heterocycles. The SMILES string of the molecule is OCCOCCOCCOc1cccc(C(N=Cc2ccc3ccc4ccccc4c3c2O)C(N=Cc2ccc3ccc4ccccc4c3c2O)c2cccc(OCCOCCOCCO)c2OCCOCCOCCO)c1OCCOCCOCCO. The van der Waals surface area contributed by atoms with Gasteiger partial charge < -0.3 is 87.5 Å². The largest absolute Gasteiger partial charge is 0.507 e. The Kier molecular flexibility index (Phi) is 28.2. The van der Waals surface area contributed by atoms with Gasteiger partial charge in [-0.25, -0.2) is 0 Å². The lowest BCUT2D eigenvalue weighted by molar-refractivity contribution is 0.0221. The van der Waals surface area contributed by atoms with E-state index in [0.717, 1.165) is 32.3 Å². The van der Waals surface area contributed by atoms with Gasteiger partial charge in [-0.2, -0.15) is 0 Å². The van der Waals surface area contributed by atoms with Gasteiger partial charge >= 0.3 is 0 Å². The molecule has 2 atom stereocenters. The lowest BCUT2D eigenvalue weighted by Crippen LogP contribution is -2.18. The van der Waals surface area contributed by atoms with E-state index in [0.29, 0.717) is 56.0 Å². The zero-order chi connectivity index (χ0) is 61.4. The van der Waals surface area contributed by atoms with E-state index in [2.05, 4.69) is 0 Å². The third kappa shape index (κ3) is 19.2. The van der Waals surface area contributed by atoms with Crippen LogP contribution in [-0.2, 0) is 37.9 Å². The molecule has 20 nitrogen and oxygen atoms in total. The molecule has 470 valence electrons. The number of para-hydroxylation sites is 2. The maximum absolute atomic E-state index is 12.4. The Balaban J connectivity index is 1.30. The molecule has 0 aliphatic heterocycles. The number of nitrogens with zero attached hydrogens (tertiary/aromatic N) is 2. The summed E-state index contributed by atoms with van der Waals surface area (Å²) in [5.74, 6) is 1.34. The van der Waals surface area contributed by atoms with E-state index < -0.39 is 12.1 Å². The standard InChI is InChI=1S/C68H80N2O18/c71-23-27-77-31-35-81-39-43-85-59-13-5-11-57(67(59)87-45-41-83-37-33-79-29-25-73)63(69-47-53-21-19-51-17-15-49-7-1-3-9-55(49)61(51)65(53)75)64(70-48-54-22-20-52-18-16-50-8-2-4-10-56(50)62(52)66(54)76)58-12-6-14-60(86-44-40-82-36-32-78-28-24-72)68(58)88-46-42-84-38-34-80-30-26-74/h1-22,47-48,63-64,71-76H,23-46H2. The van der Waals surface area contributed by atoms with Crippen LogP contribution in [0.1, 0.15) is 34.3 Å². The fourth-order valence-electron chi connectivity index (χ4n) is 9.82. The number of aliphatic hydroxyl groups is 4. The maximum Gasteiger partial charge on any atom is 0.166 e. The summed E-state index contributed by atoms with van der Waals surface area (Å²) in [6.07, 6.45) is 3.25. The van der Waals surface area contributed by atoms with E-state index in [1.807, 2.05) is 121 Å². The predicted molar refractivity (Wildman–Crippen MR) is 337 cm³/mol. The van der Waals surface area contributed by atoms with Gasteiger partial charge in [-0.05, 0) is 56.6 Å². The van der Waals surface area contributed by atoms with Crippen LogP contribution in [0.4, 0.5) is 0 Å². The third-order valence-corrected chi connectivity index (χ3v) is 13.9. The Morgan fingerprint density at radius 1 is 0.307 bits per heavy atom. The summed E-state index contributed by atoms with van der Waals surface area (Å²) in [7, 11) is 0. The van der Waals surface area contributed by atoms with Crippen molar-refractivity contribution in [2.24, 2.45) is 9.98 Å². The van der Waals surface area contributed by atoms with Crippen LogP contribution in [0, 0.1) is 0 Å². The molecule has 8 aromatic carbocycles. The third-order valence-electron chi connectivity index (χ3n) is 13.9. The van der Waals surface area contributed by atoms with Crippen LogP contribution in [0.3, 0.4) is 0 Å². The number of fused-ring (bicyclic) bond motifs is 6. The van der Waals surface area contributed by atoms with Gasteiger partial charge in [0.15, 0.2) is 23.0 Å². The van der Waals surface area contributed by atoms with E-state index in [4.69, 9.17) is 66.8 Å². The van der Waals surface area contributed by atoms with Gasteiger partial charge in [0, 0.05) is 45.5 Å². The summed E-state index contributed by atoms with van der Waals surface area (Å²) in [6, 6.07) is 40.0. The highest BCUT2D eigenvalue weighted by Gasteiger charge is 2.32. The predicted octanol–water partition coefficient (Wildman–Crippen LogP) is 8.35. The van der Waals surface area contributed by atoms with Crippen molar-refractivity contribution < 1.29 is 87.5 Å². The summed E-state index contributed by atoms with van der Waals surface area (Å²) >= 11 is 0. The Morgan fingerprint density at radius 3 is 0.977 bits per heavy atom. The first-order chi connectivity index (χ1) is 43.4. The van der Waals surface area contributed by atoms with Crippen LogP contribution in [0.2, 0.25) is 0 Å². The number of ether oxygens (including phenoxy) is 12. The molecule has 0 aliphatic carbocycles. The summed E-state index contributed by atoms with van der Waals surface area (Å²) in [6.45, 7) is 3.42. The molecule has 0 aromatic heterocycles. The van der Waals surface area contributed by atoms with Gasteiger partial charge in [0.25, 0.3) is 0 Å². The first kappa shape index (κ1) is 66.4. The average molecular weight is 1210 g/mol. The second-order valence-corrected chi connectivity index (χ2v) is 19.8. The summed E-state index contributed by atoms with van der Waals surface area (Å²) in [5, 5.41) is 68.2. The van der Waals surface area contributed by atoms with Crippen molar-refractivity contribution in [3.05, 3.63) is 156 Å². The molecule has 0 fully saturated rings. The second kappa shape index (κ2) is 37.3. The number of benzene rings is 8. The smallest absolute Gasteiger partial charge is 0.166 e. The van der Waals surface area contributed by atoms with Gasteiger partial charge in [0.2, 0.25) is 0 Å². The minimum atomic E-state index is -1.06. The highest BCUT2D eigenvalue weighted by atomic mass is 16.6. The van der Waals surface area contributed by atoms with Crippen molar-refractivity contribution in [1.82, 2.24) is 0 Å². The number of hydrogen-bond donors (Lipinski definition) is 6. The first-order valence-corrected chi connectivity index (χ1v) is 29.6. The van der Waals surface area contributed by atoms with Gasteiger partial charge in [0.05, 0.1) is 132 Å². The van der Waals surface area contributed by atoms with Crippen LogP contribution in [0.25, 0.3) is 43.1 Å². The normalized spacial score (nSPS) is 12.5. The fourth-order valence-corrected chi connectivity index (χ4v) is 9.82. The molecular formula is C68H80N2O18. The molecule has 0 bridgehead atoms. The second-order valence-electron chi connectivity index (χ2n) is 19.8. The van der Waals surface area contributed by atoms with E-state index in [9.17, 15) is 30.6 Å². The van der Waals surface area contributed by atoms with Crippen LogP contribution in [0.15, 0.2) is 143 Å². The lowest BCUT2D eigenvalue weighted by Gasteiger charge is -2.27. The molecule has 0 saturated carbocycles. The summed E-state index contributed by atoms with van der Waals surface area (Å²) in [4.78, 5) is 10.9. The quantitative estimate of drug-likeness (QED) is 0.0119. The molecule has 0 aliphatic rings. The molecule has 0 spiro atoms. The van der Waals surface area contributed by atoms with E-state index in [1.165, 1.54) is 0 Å². The Labute approximate surface area is 511 Å². The number of phenols is 2. The molecule has 2 unspecified atom stereocenters. The van der Waals surface area contributed by atoms with Crippen LogP contribution in [0.5, 0.6) is 34.5 Å².